The first-order valence-corrected chi connectivity index (χ1v) is 8.10. The summed E-state index contributed by atoms with van der Waals surface area (Å²) in [6.45, 7) is 5.62. The molecule has 1 aliphatic heterocycles. The lowest BCUT2D eigenvalue weighted by molar-refractivity contribution is -0.126. The second-order valence-electron chi connectivity index (χ2n) is 5.30. The van der Waals surface area contributed by atoms with Crippen LogP contribution in [0.2, 0.25) is 0 Å². The number of primary amides is 1. The number of urea groups is 1. The zero-order valence-electron chi connectivity index (χ0n) is 12.5. The molecule has 6 nitrogen and oxygen atoms in total. The number of nitrogens with zero attached hydrogens (tertiary/aromatic N) is 2. The molecule has 0 spiro atoms. The van der Waals surface area contributed by atoms with Crippen LogP contribution in [0.3, 0.4) is 0 Å². The maximum atomic E-state index is 12.2. The molecular formula is C14H22N4O2S. The van der Waals surface area contributed by atoms with Crippen LogP contribution in [0.4, 0.5) is 4.79 Å². The minimum absolute atomic E-state index is 0.00550. The summed E-state index contributed by atoms with van der Waals surface area (Å²) < 4.78 is 0. The fourth-order valence-corrected chi connectivity index (χ4v) is 3.59. The number of piperidine rings is 1. The van der Waals surface area contributed by atoms with Crippen molar-refractivity contribution in [3.63, 3.8) is 0 Å². The molecule has 3 amide bonds. The van der Waals surface area contributed by atoms with E-state index in [4.69, 9.17) is 5.73 Å². The maximum Gasteiger partial charge on any atom is 0.314 e. The highest BCUT2D eigenvalue weighted by molar-refractivity contribution is 7.11. The summed E-state index contributed by atoms with van der Waals surface area (Å²) in [4.78, 5) is 30.6. The van der Waals surface area contributed by atoms with Crippen molar-refractivity contribution in [2.75, 3.05) is 13.1 Å². The Kier molecular flexibility index (Phi) is 5.17. The first kappa shape index (κ1) is 15.8. The molecule has 1 saturated heterocycles. The van der Waals surface area contributed by atoms with Crippen LogP contribution in [0.25, 0.3) is 0 Å². The highest BCUT2D eigenvalue weighted by Gasteiger charge is 2.27. The predicted molar refractivity (Wildman–Crippen MR) is 82.0 cm³/mol. The number of nitrogens with two attached hydrogens (primary N) is 1. The monoisotopic (exact) mass is 310 g/mol. The van der Waals surface area contributed by atoms with E-state index in [0.717, 1.165) is 34.8 Å². The minimum atomic E-state index is -0.446. The number of amides is 3. The molecule has 0 radical (unpaired) electrons. The van der Waals surface area contributed by atoms with Gasteiger partial charge in [-0.25, -0.2) is 9.78 Å². The number of hydrogen-bond acceptors (Lipinski definition) is 4. The molecule has 1 aromatic heterocycles. The average molecular weight is 310 g/mol. The molecule has 21 heavy (non-hydrogen) atoms. The van der Waals surface area contributed by atoms with Crippen LogP contribution in [0.5, 0.6) is 0 Å². The van der Waals surface area contributed by atoms with Gasteiger partial charge in [-0.2, -0.15) is 0 Å². The van der Waals surface area contributed by atoms with Gasteiger partial charge in [-0.3, -0.25) is 4.79 Å². The number of rotatable bonds is 4. The minimum Gasteiger partial charge on any atom is -0.351 e. The number of aromatic nitrogens is 1. The molecule has 1 aromatic rings. The number of aryl methyl sites for hydroxylation is 2. The van der Waals surface area contributed by atoms with Gasteiger partial charge in [-0.15, -0.1) is 11.3 Å². The maximum absolute atomic E-state index is 12.2. The van der Waals surface area contributed by atoms with Gasteiger partial charge >= 0.3 is 6.03 Å². The van der Waals surface area contributed by atoms with Gasteiger partial charge in [0.05, 0.1) is 23.2 Å². The van der Waals surface area contributed by atoms with Gasteiger partial charge in [0.15, 0.2) is 0 Å². The van der Waals surface area contributed by atoms with Crippen LogP contribution in [0, 0.1) is 12.8 Å². The van der Waals surface area contributed by atoms with E-state index in [-0.39, 0.29) is 11.8 Å². The fraction of sp³-hybridized carbons (Fsp3) is 0.643. The van der Waals surface area contributed by atoms with Crippen LogP contribution in [0.15, 0.2) is 0 Å². The van der Waals surface area contributed by atoms with Crippen molar-refractivity contribution in [3.8, 4) is 0 Å². The molecule has 7 heteroatoms. The van der Waals surface area contributed by atoms with E-state index < -0.39 is 6.03 Å². The molecule has 2 rings (SSSR count). The van der Waals surface area contributed by atoms with E-state index in [2.05, 4.69) is 17.2 Å². The van der Waals surface area contributed by atoms with Gasteiger partial charge in [0, 0.05) is 18.0 Å². The summed E-state index contributed by atoms with van der Waals surface area (Å²) in [7, 11) is 0. The molecule has 3 N–H and O–H groups in total. The molecule has 0 bridgehead atoms. The first-order valence-electron chi connectivity index (χ1n) is 7.28. The molecule has 0 aliphatic carbocycles. The number of carbonyl (C=O) groups excluding carboxylic acids is 2. The third-order valence-corrected chi connectivity index (χ3v) is 4.76. The average Bonchev–Trinajstić information content (AvgIpc) is 2.85. The Morgan fingerprint density at radius 1 is 1.52 bits per heavy atom. The SMILES string of the molecule is CCc1nc(C)sc1CNC(=O)[C@H]1CCCN(C(N)=O)C1. The Balaban J connectivity index is 1.90. The van der Waals surface area contributed by atoms with Crippen molar-refractivity contribution < 1.29 is 9.59 Å². The highest BCUT2D eigenvalue weighted by Crippen LogP contribution is 2.20. The Labute approximate surface area is 128 Å². The summed E-state index contributed by atoms with van der Waals surface area (Å²) >= 11 is 1.62. The Morgan fingerprint density at radius 3 is 2.95 bits per heavy atom. The molecule has 0 aromatic carbocycles. The van der Waals surface area contributed by atoms with E-state index in [0.29, 0.717) is 19.6 Å². The number of thiazole rings is 1. The number of carbonyl (C=O) groups is 2. The van der Waals surface area contributed by atoms with Gasteiger partial charge in [-0.1, -0.05) is 6.92 Å². The fourth-order valence-electron chi connectivity index (χ4n) is 2.63. The molecule has 1 aliphatic rings. The Hall–Kier alpha value is -1.63. The Bertz CT molecular complexity index is 529. The predicted octanol–water partition coefficient (Wildman–Crippen LogP) is 1.42. The molecule has 116 valence electrons. The molecule has 1 fully saturated rings. The molecule has 0 unspecified atom stereocenters. The van der Waals surface area contributed by atoms with Crippen LogP contribution in [-0.4, -0.2) is 34.9 Å². The van der Waals surface area contributed by atoms with Gasteiger partial charge in [0.25, 0.3) is 0 Å². The summed E-state index contributed by atoms with van der Waals surface area (Å²) in [5.41, 5.74) is 6.34. The quantitative estimate of drug-likeness (QED) is 0.881. The van der Waals surface area contributed by atoms with Crippen molar-refractivity contribution >= 4 is 23.3 Å². The van der Waals surface area contributed by atoms with E-state index in [1.807, 2.05) is 6.92 Å². The number of hydrogen-bond donors (Lipinski definition) is 2. The standard InChI is InChI=1S/C14H22N4O2S/c1-3-11-12(21-9(2)17-11)7-16-13(19)10-5-4-6-18(8-10)14(15)20/h10H,3-8H2,1-2H3,(H2,15,20)(H,16,19)/t10-/m0/s1. The summed E-state index contributed by atoms with van der Waals surface area (Å²) in [6.07, 6.45) is 2.49. The third-order valence-electron chi connectivity index (χ3n) is 3.75. The first-order chi connectivity index (χ1) is 10.0. The summed E-state index contributed by atoms with van der Waals surface area (Å²) in [5.74, 6) is -0.167. The van der Waals surface area contributed by atoms with Crippen molar-refractivity contribution in [3.05, 3.63) is 15.6 Å². The summed E-state index contributed by atoms with van der Waals surface area (Å²) in [5, 5.41) is 3.99. The van der Waals surface area contributed by atoms with Gasteiger partial charge in [-0.05, 0) is 26.2 Å². The van der Waals surface area contributed by atoms with E-state index in [9.17, 15) is 9.59 Å². The van der Waals surface area contributed by atoms with E-state index in [1.54, 1.807) is 16.2 Å². The van der Waals surface area contributed by atoms with E-state index >= 15 is 0 Å². The zero-order chi connectivity index (χ0) is 15.4. The van der Waals surface area contributed by atoms with Crippen LogP contribution in [-0.2, 0) is 17.8 Å². The second-order valence-corrected chi connectivity index (χ2v) is 6.59. The van der Waals surface area contributed by atoms with Crippen molar-refractivity contribution in [1.29, 1.82) is 0 Å². The van der Waals surface area contributed by atoms with E-state index in [1.165, 1.54) is 0 Å². The van der Waals surface area contributed by atoms with Crippen molar-refractivity contribution in [1.82, 2.24) is 15.2 Å². The lowest BCUT2D eigenvalue weighted by Gasteiger charge is -2.30. The molecule has 2 heterocycles. The second kappa shape index (κ2) is 6.89. The lowest BCUT2D eigenvalue weighted by atomic mass is 9.97. The van der Waals surface area contributed by atoms with Crippen LogP contribution < -0.4 is 11.1 Å². The number of nitrogens with one attached hydrogen (secondary N) is 1. The van der Waals surface area contributed by atoms with Gasteiger partial charge in [0.1, 0.15) is 0 Å². The van der Waals surface area contributed by atoms with Crippen molar-refractivity contribution in [2.24, 2.45) is 11.7 Å². The van der Waals surface area contributed by atoms with Crippen LogP contribution >= 0.6 is 11.3 Å². The van der Waals surface area contributed by atoms with Gasteiger partial charge < -0.3 is 16.0 Å². The molecule has 1 atom stereocenters. The highest BCUT2D eigenvalue weighted by atomic mass is 32.1. The molecule has 0 saturated carbocycles. The lowest BCUT2D eigenvalue weighted by Crippen LogP contribution is -2.47. The Morgan fingerprint density at radius 2 is 2.29 bits per heavy atom. The zero-order valence-corrected chi connectivity index (χ0v) is 13.3. The van der Waals surface area contributed by atoms with Gasteiger partial charge in [0.2, 0.25) is 5.91 Å². The van der Waals surface area contributed by atoms with Crippen molar-refractivity contribution in [2.45, 2.75) is 39.7 Å². The number of likely N-dealkylation sites (tertiary alicyclic amines) is 1. The smallest absolute Gasteiger partial charge is 0.314 e. The largest absolute Gasteiger partial charge is 0.351 e. The summed E-state index contributed by atoms with van der Waals surface area (Å²) in [6, 6.07) is -0.446. The topological polar surface area (TPSA) is 88.3 Å². The van der Waals surface area contributed by atoms with Crippen LogP contribution in [0.1, 0.15) is 35.3 Å². The molecular weight excluding hydrogens is 288 g/mol. The third kappa shape index (κ3) is 3.93. The normalized spacial score (nSPS) is 18.6.